The first kappa shape index (κ1) is 17.3. The number of amides is 1. The smallest absolute Gasteiger partial charge is 0.307 e. The van der Waals surface area contributed by atoms with E-state index in [1.54, 1.807) is 23.9 Å². The molecule has 2 aromatic rings. The molecule has 2 rings (SSSR count). The summed E-state index contributed by atoms with van der Waals surface area (Å²) in [6.45, 7) is -0.347. The van der Waals surface area contributed by atoms with Gasteiger partial charge in [-0.05, 0) is 24.3 Å². The molecular weight excluding hydrogens is 336 g/mol. The van der Waals surface area contributed by atoms with Crippen molar-refractivity contribution in [3.8, 4) is 0 Å². The third kappa shape index (κ3) is 6.30. The Morgan fingerprint density at radius 1 is 1.17 bits per heavy atom. The van der Waals surface area contributed by atoms with Gasteiger partial charge in [0.1, 0.15) is 0 Å². The number of carbonyl (C=O) groups is 2. The summed E-state index contributed by atoms with van der Waals surface area (Å²) in [4.78, 5) is 28.2. The molecule has 23 heavy (non-hydrogen) atoms. The van der Waals surface area contributed by atoms with E-state index in [1.165, 1.54) is 6.20 Å². The number of aromatic nitrogens is 1. The number of hydrogen-bond acceptors (Lipinski definition) is 5. The number of esters is 1. The summed E-state index contributed by atoms with van der Waals surface area (Å²) < 4.78 is 4.93. The zero-order chi connectivity index (χ0) is 16.5. The predicted molar refractivity (Wildman–Crippen MR) is 90.6 cm³/mol. The number of hydrogen-bond donors (Lipinski definition) is 1. The van der Waals surface area contributed by atoms with Crippen molar-refractivity contribution in [3.05, 3.63) is 53.8 Å². The quantitative estimate of drug-likeness (QED) is 0.471. The number of anilines is 1. The molecule has 0 radical (unpaired) electrons. The lowest BCUT2D eigenvalue weighted by molar-refractivity contribution is -0.146. The normalized spacial score (nSPS) is 10.1. The van der Waals surface area contributed by atoms with Crippen LogP contribution in [0.15, 0.2) is 53.6 Å². The van der Waals surface area contributed by atoms with E-state index in [2.05, 4.69) is 10.3 Å². The van der Waals surface area contributed by atoms with Gasteiger partial charge in [0, 0.05) is 16.8 Å². The molecule has 5 nitrogen and oxygen atoms in total. The summed E-state index contributed by atoms with van der Waals surface area (Å²) in [5.41, 5.74) is 0.384. The van der Waals surface area contributed by atoms with Crippen LogP contribution in [0.5, 0.6) is 0 Å². The Morgan fingerprint density at radius 3 is 2.70 bits per heavy atom. The Morgan fingerprint density at radius 2 is 1.96 bits per heavy atom. The van der Waals surface area contributed by atoms with Crippen LogP contribution in [0, 0.1) is 0 Å². The number of thioether (sulfide) groups is 1. The van der Waals surface area contributed by atoms with Crippen LogP contribution in [0.1, 0.15) is 6.42 Å². The molecule has 0 saturated heterocycles. The van der Waals surface area contributed by atoms with E-state index >= 15 is 0 Å². The second-order valence-electron chi connectivity index (χ2n) is 4.46. The van der Waals surface area contributed by atoms with E-state index in [0.717, 1.165) is 4.90 Å². The van der Waals surface area contributed by atoms with Gasteiger partial charge in [-0.15, -0.1) is 11.8 Å². The van der Waals surface area contributed by atoms with Crippen molar-refractivity contribution >= 4 is 40.9 Å². The van der Waals surface area contributed by atoms with E-state index in [-0.39, 0.29) is 18.2 Å². The van der Waals surface area contributed by atoms with Crippen LogP contribution in [0.25, 0.3) is 0 Å². The van der Waals surface area contributed by atoms with Crippen molar-refractivity contribution in [2.45, 2.75) is 11.3 Å². The summed E-state index contributed by atoms with van der Waals surface area (Å²) in [5, 5.41) is 2.72. The predicted octanol–water partition coefficient (Wildman–Crippen LogP) is 3.40. The van der Waals surface area contributed by atoms with Crippen molar-refractivity contribution in [2.24, 2.45) is 0 Å². The van der Waals surface area contributed by atoms with Gasteiger partial charge in [-0.25, -0.2) is 4.98 Å². The molecule has 1 aromatic heterocycles. The standard InChI is InChI=1S/C16H15ClN2O3S/c17-16-13(7-4-9-18-16)19-14(20)11-22-15(21)8-10-23-12-5-2-1-3-6-12/h1-7,9H,8,10-11H2,(H,19,20). The molecule has 0 unspecified atom stereocenters. The van der Waals surface area contributed by atoms with Crippen LogP contribution in [0.4, 0.5) is 5.69 Å². The van der Waals surface area contributed by atoms with Crippen LogP contribution in [0.2, 0.25) is 5.15 Å². The molecule has 1 N–H and O–H groups in total. The molecule has 0 saturated carbocycles. The average molecular weight is 351 g/mol. The molecule has 120 valence electrons. The minimum absolute atomic E-state index is 0.187. The SMILES string of the molecule is O=C(COC(=O)CCSc1ccccc1)Nc1cccnc1Cl. The number of rotatable bonds is 7. The van der Waals surface area contributed by atoms with Gasteiger partial charge >= 0.3 is 5.97 Å². The molecule has 1 aromatic carbocycles. The average Bonchev–Trinajstić information content (AvgIpc) is 2.56. The van der Waals surface area contributed by atoms with Crippen LogP contribution in [-0.4, -0.2) is 29.2 Å². The summed E-state index contributed by atoms with van der Waals surface area (Å²) in [5.74, 6) is -0.274. The number of carbonyl (C=O) groups excluding carboxylic acids is 2. The zero-order valence-corrected chi connectivity index (χ0v) is 13.8. The Kier molecular flexibility index (Phi) is 6.90. The summed E-state index contributed by atoms with van der Waals surface area (Å²) in [6.07, 6.45) is 1.75. The van der Waals surface area contributed by atoms with Crippen LogP contribution >= 0.6 is 23.4 Å². The molecule has 0 atom stereocenters. The van der Waals surface area contributed by atoms with Crippen LogP contribution in [0.3, 0.4) is 0 Å². The molecule has 0 aliphatic rings. The molecule has 0 aliphatic heterocycles. The zero-order valence-electron chi connectivity index (χ0n) is 12.2. The summed E-state index contributed by atoms with van der Waals surface area (Å²) in [6, 6.07) is 13.0. The molecule has 0 aliphatic carbocycles. The van der Waals surface area contributed by atoms with Gasteiger partial charge in [0.2, 0.25) is 0 Å². The maximum atomic E-state index is 11.7. The summed E-state index contributed by atoms with van der Waals surface area (Å²) >= 11 is 7.38. The molecule has 0 bridgehead atoms. The fourth-order valence-electron chi connectivity index (χ4n) is 1.65. The highest BCUT2D eigenvalue weighted by Gasteiger charge is 2.10. The monoisotopic (exact) mass is 350 g/mol. The highest BCUT2D eigenvalue weighted by Crippen LogP contribution is 2.18. The van der Waals surface area contributed by atoms with Crippen molar-refractivity contribution in [1.82, 2.24) is 4.98 Å². The second kappa shape index (κ2) is 9.17. The lowest BCUT2D eigenvalue weighted by atomic mass is 10.4. The van der Waals surface area contributed by atoms with Gasteiger partial charge in [-0.1, -0.05) is 29.8 Å². The molecule has 1 amide bonds. The van der Waals surface area contributed by atoms with E-state index in [9.17, 15) is 9.59 Å². The molecular formula is C16H15ClN2O3S. The molecule has 7 heteroatoms. The third-order valence-electron chi connectivity index (χ3n) is 2.72. The van der Waals surface area contributed by atoms with Crippen molar-refractivity contribution < 1.29 is 14.3 Å². The van der Waals surface area contributed by atoms with Gasteiger partial charge in [0.25, 0.3) is 5.91 Å². The fraction of sp³-hybridized carbons (Fsp3) is 0.188. The van der Waals surface area contributed by atoms with E-state index in [4.69, 9.17) is 16.3 Å². The number of nitrogens with zero attached hydrogens (tertiary/aromatic N) is 1. The summed E-state index contributed by atoms with van der Waals surface area (Å²) in [7, 11) is 0. The van der Waals surface area contributed by atoms with Gasteiger partial charge in [-0.3, -0.25) is 9.59 Å². The van der Waals surface area contributed by atoms with Gasteiger partial charge in [0.05, 0.1) is 12.1 Å². The van der Waals surface area contributed by atoms with Gasteiger partial charge in [0.15, 0.2) is 11.8 Å². The van der Waals surface area contributed by atoms with Crippen molar-refractivity contribution in [3.63, 3.8) is 0 Å². The first-order valence-corrected chi connectivity index (χ1v) is 8.25. The van der Waals surface area contributed by atoms with E-state index in [1.807, 2.05) is 30.3 Å². The van der Waals surface area contributed by atoms with Crippen molar-refractivity contribution in [2.75, 3.05) is 17.7 Å². The minimum Gasteiger partial charge on any atom is -0.456 e. The Labute approximate surface area is 143 Å². The van der Waals surface area contributed by atoms with Crippen molar-refractivity contribution in [1.29, 1.82) is 0 Å². The number of ether oxygens (including phenoxy) is 1. The molecule has 0 fully saturated rings. The Bertz CT molecular complexity index is 667. The van der Waals surface area contributed by atoms with E-state index < -0.39 is 11.9 Å². The second-order valence-corrected chi connectivity index (χ2v) is 5.99. The number of pyridine rings is 1. The maximum Gasteiger partial charge on any atom is 0.307 e. The van der Waals surface area contributed by atoms with E-state index in [0.29, 0.717) is 11.4 Å². The third-order valence-corrected chi connectivity index (χ3v) is 4.03. The minimum atomic E-state index is -0.455. The Hall–Kier alpha value is -2.05. The van der Waals surface area contributed by atoms with Gasteiger partial charge in [-0.2, -0.15) is 0 Å². The first-order valence-electron chi connectivity index (χ1n) is 6.89. The lowest BCUT2D eigenvalue weighted by Crippen LogP contribution is -2.21. The Balaban J connectivity index is 1.66. The highest BCUT2D eigenvalue weighted by atomic mass is 35.5. The largest absolute Gasteiger partial charge is 0.456 e. The maximum absolute atomic E-state index is 11.7. The lowest BCUT2D eigenvalue weighted by Gasteiger charge is -2.07. The number of nitrogens with one attached hydrogen (secondary N) is 1. The molecule has 0 spiro atoms. The van der Waals surface area contributed by atoms with Crippen LogP contribution in [-0.2, 0) is 14.3 Å². The van der Waals surface area contributed by atoms with Gasteiger partial charge < -0.3 is 10.1 Å². The molecule has 1 heterocycles. The first-order chi connectivity index (χ1) is 11.1. The topological polar surface area (TPSA) is 68.3 Å². The fourth-order valence-corrected chi connectivity index (χ4v) is 2.67. The number of benzene rings is 1. The number of halogens is 1. The van der Waals surface area contributed by atoms with Crippen LogP contribution < -0.4 is 5.32 Å². The highest BCUT2D eigenvalue weighted by molar-refractivity contribution is 7.99.